The van der Waals surface area contributed by atoms with E-state index in [9.17, 15) is 4.79 Å². The quantitative estimate of drug-likeness (QED) is 0.818. The second kappa shape index (κ2) is 5.20. The number of nitrogens with zero attached hydrogens (tertiary/aromatic N) is 3. The zero-order valence-corrected chi connectivity index (χ0v) is 9.47. The predicted octanol–water partition coefficient (Wildman–Crippen LogP) is 0.893. The molecule has 0 aliphatic rings. The molecule has 1 aromatic carbocycles. The number of benzene rings is 1. The molecule has 0 unspecified atom stereocenters. The van der Waals surface area contributed by atoms with Crippen LogP contribution in [0.15, 0.2) is 24.3 Å². The summed E-state index contributed by atoms with van der Waals surface area (Å²) in [5.74, 6) is 0.683. The van der Waals surface area contributed by atoms with Crippen molar-refractivity contribution in [3.05, 3.63) is 29.8 Å². The van der Waals surface area contributed by atoms with E-state index in [4.69, 9.17) is 0 Å². The lowest BCUT2D eigenvalue weighted by Gasteiger charge is -2.04. The third-order valence-electron chi connectivity index (χ3n) is 2.38. The van der Waals surface area contributed by atoms with Crippen LogP contribution in [0.2, 0.25) is 0 Å². The van der Waals surface area contributed by atoms with Gasteiger partial charge in [-0.3, -0.25) is 4.79 Å². The van der Waals surface area contributed by atoms with Gasteiger partial charge < -0.3 is 5.32 Å². The molecule has 0 saturated carbocycles. The summed E-state index contributed by atoms with van der Waals surface area (Å²) in [4.78, 5) is 11.1. The molecule has 0 aliphatic heterocycles. The van der Waals surface area contributed by atoms with Gasteiger partial charge in [-0.05, 0) is 16.0 Å². The van der Waals surface area contributed by atoms with Crippen LogP contribution < -0.4 is 5.32 Å². The van der Waals surface area contributed by atoms with E-state index in [0.717, 1.165) is 11.1 Å². The van der Waals surface area contributed by atoms with Gasteiger partial charge in [-0.1, -0.05) is 31.2 Å². The van der Waals surface area contributed by atoms with Gasteiger partial charge in [0, 0.05) is 18.5 Å². The first-order chi connectivity index (χ1) is 8.29. The largest absolute Gasteiger partial charge is 0.352 e. The molecule has 88 valence electrons. The van der Waals surface area contributed by atoms with Crippen LogP contribution in [-0.4, -0.2) is 26.5 Å². The van der Waals surface area contributed by atoms with Crippen molar-refractivity contribution in [2.24, 2.45) is 0 Å². The molecule has 2 N–H and O–H groups in total. The van der Waals surface area contributed by atoms with Crippen molar-refractivity contribution >= 4 is 5.91 Å². The zero-order chi connectivity index (χ0) is 12.1. The van der Waals surface area contributed by atoms with E-state index < -0.39 is 0 Å². The van der Waals surface area contributed by atoms with Crippen molar-refractivity contribution in [2.75, 3.05) is 0 Å². The molecule has 0 radical (unpaired) electrons. The molecule has 1 amide bonds. The molecule has 0 atom stereocenters. The first kappa shape index (κ1) is 11.3. The topological polar surface area (TPSA) is 83.6 Å². The summed E-state index contributed by atoms with van der Waals surface area (Å²) >= 11 is 0. The maximum absolute atomic E-state index is 11.1. The van der Waals surface area contributed by atoms with Gasteiger partial charge in [-0.25, -0.2) is 5.10 Å². The molecule has 6 heteroatoms. The number of hydrogen-bond acceptors (Lipinski definition) is 4. The standard InChI is InChI=1S/C11H13N5O/c1-2-10(17)12-7-8-3-5-9(6-4-8)11-13-15-16-14-11/h3-6H,2,7H2,1H3,(H,12,17)(H,13,14,15,16). The summed E-state index contributed by atoms with van der Waals surface area (Å²) in [5, 5.41) is 16.4. The fourth-order valence-corrected chi connectivity index (χ4v) is 1.39. The average Bonchev–Trinajstić information content (AvgIpc) is 2.90. The minimum atomic E-state index is 0.0495. The molecule has 1 heterocycles. The fourth-order valence-electron chi connectivity index (χ4n) is 1.39. The Bertz CT molecular complexity index is 477. The molecule has 6 nitrogen and oxygen atoms in total. The van der Waals surface area contributed by atoms with E-state index in [2.05, 4.69) is 25.9 Å². The first-order valence-corrected chi connectivity index (χ1v) is 5.39. The summed E-state index contributed by atoms with van der Waals surface area (Å²) in [6.07, 6.45) is 0.502. The molecule has 2 rings (SSSR count). The van der Waals surface area contributed by atoms with Crippen LogP contribution in [0.25, 0.3) is 11.4 Å². The van der Waals surface area contributed by atoms with Crippen molar-refractivity contribution in [1.29, 1.82) is 0 Å². The Hall–Kier alpha value is -2.24. The molecule has 1 aromatic heterocycles. The summed E-state index contributed by atoms with van der Waals surface area (Å²) in [6, 6.07) is 7.70. The van der Waals surface area contributed by atoms with Gasteiger partial charge in [0.2, 0.25) is 5.91 Å². The molecule has 0 saturated heterocycles. The van der Waals surface area contributed by atoms with Crippen LogP contribution in [0.5, 0.6) is 0 Å². The number of aromatic nitrogens is 4. The Kier molecular flexibility index (Phi) is 3.44. The SMILES string of the molecule is CCC(=O)NCc1ccc(-c2nnn[nH]2)cc1. The number of carbonyl (C=O) groups excluding carboxylic acids is 1. The Labute approximate surface area is 98.4 Å². The smallest absolute Gasteiger partial charge is 0.219 e. The molecule has 17 heavy (non-hydrogen) atoms. The Morgan fingerprint density at radius 1 is 1.35 bits per heavy atom. The van der Waals surface area contributed by atoms with Gasteiger partial charge in [0.05, 0.1) is 0 Å². The van der Waals surface area contributed by atoms with Gasteiger partial charge in [0.1, 0.15) is 0 Å². The second-order valence-corrected chi connectivity index (χ2v) is 3.58. The van der Waals surface area contributed by atoms with E-state index in [1.165, 1.54) is 0 Å². The Morgan fingerprint density at radius 2 is 2.12 bits per heavy atom. The van der Waals surface area contributed by atoms with Gasteiger partial charge in [-0.15, -0.1) is 5.10 Å². The third kappa shape index (κ3) is 2.87. The molecule has 2 aromatic rings. The Morgan fingerprint density at radius 3 is 2.71 bits per heavy atom. The van der Waals surface area contributed by atoms with E-state index in [1.54, 1.807) is 0 Å². The molecule has 0 fully saturated rings. The minimum Gasteiger partial charge on any atom is -0.352 e. The molecular formula is C11H13N5O. The number of hydrogen-bond donors (Lipinski definition) is 2. The highest BCUT2D eigenvalue weighted by molar-refractivity contribution is 5.75. The van der Waals surface area contributed by atoms with E-state index in [0.29, 0.717) is 18.8 Å². The van der Waals surface area contributed by atoms with Gasteiger partial charge in [-0.2, -0.15) is 0 Å². The maximum Gasteiger partial charge on any atom is 0.219 e. The molecule has 0 bridgehead atoms. The monoisotopic (exact) mass is 231 g/mol. The van der Waals surface area contributed by atoms with Gasteiger partial charge in [0.15, 0.2) is 5.82 Å². The van der Waals surface area contributed by atoms with Crippen LogP contribution in [0, 0.1) is 0 Å². The summed E-state index contributed by atoms with van der Waals surface area (Å²) in [7, 11) is 0. The molecular weight excluding hydrogens is 218 g/mol. The number of carbonyl (C=O) groups is 1. The number of tetrazole rings is 1. The van der Waals surface area contributed by atoms with Crippen molar-refractivity contribution in [3.63, 3.8) is 0 Å². The zero-order valence-electron chi connectivity index (χ0n) is 9.47. The number of nitrogens with one attached hydrogen (secondary N) is 2. The normalized spacial score (nSPS) is 10.2. The fraction of sp³-hybridized carbons (Fsp3) is 0.273. The number of H-pyrrole nitrogens is 1. The first-order valence-electron chi connectivity index (χ1n) is 5.39. The predicted molar refractivity (Wildman–Crippen MR) is 61.8 cm³/mol. The number of amides is 1. The highest BCUT2D eigenvalue weighted by Gasteiger charge is 2.02. The van der Waals surface area contributed by atoms with Crippen molar-refractivity contribution in [3.8, 4) is 11.4 Å². The van der Waals surface area contributed by atoms with Crippen molar-refractivity contribution in [1.82, 2.24) is 25.9 Å². The van der Waals surface area contributed by atoms with E-state index in [1.807, 2.05) is 31.2 Å². The average molecular weight is 231 g/mol. The van der Waals surface area contributed by atoms with Gasteiger partial charge >= 0.3 is 0 Å². The lowest BCUT2D eigenvalue weighted by Crippen LogP contribution is -2.21. The van der Waals surface area contributed by atoms with E-state index in [-0.39, 0.29) is 5.91 Å². The molecule has 0 spiro atoms. The number of rotatable bonds is 4. The van der Waals surface area contributed by atoms with Crippen molar-refractivity contribution in [2.45, 2.75) is 19.9 Å². The van der Waals surface area contributed by atoms with Crippen LogP contribution in [-0.2, 0) is 11.3 Å². The summed E-state index contributed by atoms with van der Waals surface area (Å²) in [5.41, 5.74) is 1.96. The van der Waals surface area contributed by atoms with E-state index >= 15 is 0 Å². The van der Waals surface area contributed by atoms with Crippen molar-refractivity contribution < 1.29 is 4.79 Å². The third-order valence-corrected chi connectivity index (χ3v) is 2.38. The second-order valence-electron chi connectivity index (χ2n) is 3.58. The van der Waals surface area contributed by atoms with Crippen LogP contribution >= 0.6 is 0 Å². The summed E-state index contributed by atoms with van der Waals surface area (Å²) in [6.45, 7) is 2.37. The molecule has 0 aliphatic carbocycles. The van der Waals surface area contributed by atoms with Crippen LogP contribution in [0.3, 0.4) is 0 Å². The lowest BCUT2D eigenvalue weighted by atomic mass is 10.1. The Balaban J connectivity index is 2.01. The lowest BCUT2D eigenvalue weighted by molar-refractivity contribution is -0.120. The highest BCUT2D eigenvalue weighted by atomic mass is 16.1. The minimum absolute atomic E-state index is 0.0495. The van der Waals surface area contributed by atoms with Crippen LogP contribution in [0.4, 0.5) is 0 Å². The maximum atomic E-state index is 11.1. The van der Waals surface area contributed by atoms with Gasteiger partial charge in [0.25, 0.3) is 0 Å². The highest BCUT2D eigenvalue weighted by Crippen LogP contribution is 2.13. The summed E-state index contributed by atoms with van der Waals surface area (Å²) < 4.78 is 0. The van der Waals surface area contributed by atoms with Crippen LogP contribution in [0.1, 0.15) is 18.9 Å². The number of aromatic amines is 1.